The van der Waals surface area contributed by atoms with Crippen LogP contribution in [0.1, 0.15) is 6.92 Å². The highest BCUT2D eigenvalue weighted by molar-refractivity contribution is 8.01. The Labute approximate surface area is 136 Å². The van der Waals surface area contributed by atoms with Crippen LogP contribution in [0.15, 0.2) is 0 Å². The van der Waals surface area contributed by atoms with Gasteiger partial charge in [-0.15, -0.1) is 0 Å². The number of hydrogen-bond donors (Lipinski definition) is 5. The molecule has 0 atom stereocenters. The molecular weight excluding hydrogens is 328 g/mol. The van der Waals surface area contributed by atoms with E-state index in [0.29, 0.717) is 20.0 Å². The molecule has 1 N–H and O–H groups in total. The van der Waals surface area contributed by atoms with Gasteiger partial charge >= 0.3 is 5.97 Å². The smallest absolute Gasteiger partial charge is 0.331 e. The molecule has 0 amide bonds. The number of rotatable bonds is 9. The monoisotopic (exact) mass is 350 g/mol. The maximum atomic E-state index is 10.7. The third kappa shape index (κ3) is 18.8. The molecule has 0 unspecified atom stereocenters. The van der Waals surface area contributed by atoms with Crippen molar-refractivity contribution < 1.29 is 24.1 Å². The number of carbonyl (C=O) groups excluding carboxylic acids is 1. The van der Waals surface area contributed by atoms with Crippen molar-refractivity contribution in [1.29, 1.82) is 0 Å². The minimum Gasteiger partial charge on any atom is -0.462 e. The lowest BCUT2D eigenvalue weighted by atomic mass is 10.5. The predicted octanol–water partition coefficient (Wildman–Crippen LogP) is 0.934. The van der Waals surface area contributed by atoms with E-state index in [9.17, 15) is 4.79 Å². The summed E-state index contributed by atoms with van der Waals surface area (Å²) in [6.45, 7) is 2.98. The lowest BCUT2D eigenvalue weighted by Gasteiger charge is -2.13. The fraction of sp³-hybridized carbons (Fsp3) is 0.900. The molecule has 0 aromatic rings. The maximum absolute atomic E-state index is 10.7. The highest BCUT2D eigenvalue weighted by Crippen LogP contribution is 2.19. The number of carbonyl (C=O) groups is 1. The van der Waals surface area contributed by atoms with Crippen molar-refractivity contribution in [2.24, 2.45) is 0 Å². The zero-order valence-electron chi connectivity index (χ0n) is 10.8. The Kier molecular flexibility index (Phi) is 17.6. The molecule has 0 spiro atoms. The lowest BCUT2D eigenvalue weighted by molar-refractivity contribution is -0.144. The van der Waals surface area contributed by atoms with E-state index in [2.05, 4.69) is 55.3 Å². The highest BCUT2D eigenvalue weighted by Gasteiger charge is 2.25. The van der Waals surface area contributed by atoms with Gasteiger partial charge in [0.15, 0.2) is 4.08 Å². The summed E-state index contributed by atoms with van der Waals surface area (Å²) in [6.07, 6.45) is 0. The van der Waals surface area contributed by atoms with E-state index in [4.69, 9.17) is 14.6 Å². The van der Waals surface area contributed by atoms with Crippen LogP contribution in [0, 0.1) is 0 Å². The standard InChI is InChI=1S/C5H10O3S2.C5H12O2S2/c1-5(9,10)4(7)8-3-2-6;8-3-1-6-5-7-2-4-9/h6,9-10H,2-3H2,1H3;8-9H,1-5H2. The average molecular weight is 351 g/mol. The van der Waals surface area contributed by atoms with Crippen LogP contribution in [0.5, 0.6) is 0 Å². The summed E-state index contributed by atoms with van der Waals surface area (Å²) in [4.78, 5) is 10.7. The van der Waals surface area contributed by atoms with Gasteiger partial charge in [-0.1, -0.05) is 0 Å². The third-order valence-electron chi connectivity index (χ3n) is 1.35. The van der Waals surface area contributed by atoms with E-state index in [1.807, 2.05) is 0 Å². The quantitative estimate of drug-likeness (QED) is 0.185. The van der Waals surface area contributed by atoms with Crippen molar-refractivity contribution in [3.05, 3.63) is 0 Å². The molecule has 0 aliphatic heterocycles. The Morgan fingerprint density at radius 1 is 1.11 bits per heavy atom. The van der Waals surface area contributed by atoms with Gasteiger partial charge in [0.05, 0.1) is 19.8 Å². The van der Waals surface area contributed by atoms with Gasteiger partial charge in [0.25, 0.3) is 0 Å². The number of thiol groups is 4. The zero-order chi connectivity index (χ0) is 15.1. The van der Waals surface area contributed by atoms with Crippen LogP contribution in [0.25, 0.3) is 0 Å². The van der Waals surface area contributed by atoms with Gasteiger partial charge in [-0.3, -0.25) is 0 Å². The SMILES string of the molecule is CC(S)(S)C(=O)OCCO.SCCOCOCCS. The Balaban J connectivity index is 0. The fourth-order valence-corrected chi connectivity index (χ4v) is 0.968. The van der Waals surface area contributed by atoms with Crippen molar-refractivity contribution in [1.82, 2.24) is 0 Å². The Morgan fingerprint density at radius 2 is 1.58 bits per heavy atom. The van der Waals surface area contributed by atoms with Gasteiger partial charge in [0.1, 0.15) is 13.4 Å². The van der Waals surface area contributed by atoms with Crippen molar-refractivity contribution in [3.63, 3.8) is 0 Å². The van der Waals surface area contributed by atoms with E-state index < -0.39 is 10.0 Å². The number of aliphatic hydroxyl groups is 1. The van der Waals surface area contributed by atoms with Crippen molar-refractivity contribution in [3.8, 4) is 0 Å². The first-order valence-corrected chi connectivity index (χ1v) is 7.66. The van der Waals surface area contributed by atoms with Gasteiger partial charge in [0.2, 0.25) is 0 Å². The Morgan fingerprint density at radius 3 is 1.89 bits per heavy atom. The summed E-state index contributed by atoms with van der Waals surface area (Å²) in [5, 5.41) is 8.25. The minimum atomic E-state index is -1.07. The van der Waals surface area contributed by atoms with Crippen LogP contribution >= 0.6 is 50.5 Å². The number of aliphatic hydroxyl groups excluding tert-OH is 1. The lowest BCUT2D eigenvalue weighted by Crippen LogP contribution is -2.25. The molecule has 0 saturated carbocycles. The molecular formula is C10H22O5S4. The minimum absolute atomic E-state index is 0.00442. The molecule has 0 rings (SSSR count). The van der Waals surface area contributed by atoms with Crippen LogP contribution in [-0.4, -0.2) is 59.9 Å². The molecule has 9 heteroatoms. The van der Waals surface area contributed by atoms with Crippen molar-refractivity contribution in [2.75, 3.05) is 44.7 Å². The summed E-state index contributed by atoms with van der Waals surface area (Å²) in [6, 6.07) is 0. The summed E-state index contributed by atoms with van der Waals surface area (Å²) in [5.41, 5.74) is 0. The van der Waals surface area contributed by atoms with Crippen LogP contribution in [0.2, 0.25) is 0 Å². The predicted molar refractivity (Wildman–Crippen MR) is 88.9 cm³/mol. The highest BCUT2D eigenvalue weighted by atomic mass is 32.2. The molecule has 0 aromatic heterocycles. The van der Waals surface area contributed by atoms with Gasteiger partial charge in [-0.05, 0) is 6.92 Å². The van der Waals surface area contributed by atoms with Gasteiger partial charge in [-0.25, -0.2) is 4.79 Å². The van der Waals surface area contributed by atoms with E-state index in [1.54, 1.807) is 0 Å². The molecule has 0 aliphatic carbocycles. The largest absolute Gasteiger partial charge is 0.462 e. The molecule has 0 aliphatic rings. The maximum Gasteiger partial charge on any atom is 0.331 e. The first-order chi connectivity index (χ1) is 8.90. The molecule has 116 valence electrons. The number of esters is 1. The topological polar surface area (TPSA) is 65.0 Å². The second-order valence-electron chi connectivity index (χ2n) is 3.26. The van der Waals surface area contributed by atoms with Gasteiger partial charge in [-0.2, -0.15) is 50.5 Å². The number of ether oxygens (including phenoxy) is 3. The zero-order valence-corrected chi connectivity index (χ0v) is 14.4. The van der Waals surface area contributed by atoms with E-state index in [1.165, 1.54) is 6.92 Å². The first kappa shape index (κ1) is 22.0. The normalized spacial score (nSPS) is 10.6. The number of hydrogen-bond acceptors (Lipinski definition) is 9. The molecule has 0 heterocycles. The first-order valence-electron chi connectivity index (χ1n) is 5.50. The van der Waals surface area contributed by atoms with E-state index >= 15 is 0 Å². The Bertz CT molecular complexity index is 205. The molecule has 19 heavy (non-hydrogen) atoms. The molecule has 0 aromatic carbocycles. The fourth-order valence-electron chi connectivity index (χ4n) is 0.581. The van der Waals surface area contributed by atoms with Crippen LogP contribution in [0.3, 0.4) is 0 Å². The summed E-state index contributed by atoms with van der Waals surface area (Å²) in [5.74, 6) is 0.933. The van der Waals surface area contributed by atoms with Crippen LogP contribution < -0.4 is 0 Å². The van der Waals surface area contributed by atoms with Gasteiger partial charge < -0.3 is 19.3 Å². The second-order valence-corrected chi connectivity index (χ2v) is 6.30. The summed E-state index contributed by atoms with van der Waals surface area (Å²) >= 11 is 15.6. The molecule has 0 bridgehead atoms. The summed E-state index contributed by atoms with van der Waals surface area (Å²) < 4.78 is 13.3. The van der Waals surface area contributed by atoms with Gasteiger partial charge in [0, 0.05) is 11.5 Å². The van der Waals surface area contributed by atoms with E-state index in [0.717, 1.165) is 11.5 Å². The van der Waals surface area contributed by atoms with Crippen LogP contribution in [-0.2, 0) is 19.0 Å². The molecule has 0 saturated heterocycles. The van der Waals surface area contributed by atoms with Crippen molar-refractivity contribution >= 4 is 56.5 Å². The van der Waals surface area contributed by atoms with Crippen molar-refractivity contribution in [2.45, 2.75) is 11.0 Å². The third-order valence-corrected chi connectivity index (χ3v) is 2.08. The second kappa shape index (κ2) is 15.1. The van der Waals surface area contributed by atoms with E-state index in [-0.39, 0.29) is 13.2 Å². The molecule has 0 radical (unpaired) electrons. The average Bonchev–Trinajstić information content (AvgIpc) is 2.35. The molecule has 0 fully saturated rings. The van der Waals surface area contributed by atoms with Crippen LogP contribution in [0.4, 0.5) is 0 Å². The molecule has 5 nitrogen and oxygen atoms in total. The summed E-state index contributed by atoms with van der Waals surface area (Å²) in [7, 11) is 0. The Hall–Kier alpha value is 0.750.